The van der Waals surface area contributed by atoms with Crippen molar-refractivity contribution in [3.05, 3.63) is 29.8 Å². The van der Waals surface area contributed by atoms with E-state index < -0.39 is 6.04 Å². The van der Waals surface area contributed by atoms with Crippen molar-refractivity contribution in [2.24, 2.45) is 0 Å². The van der Waals surface area contributed by atoms with E-state index in [1.165, 1.54) is 0 Å². The van der Waals surface area contributed by atoms with Gasteiger partial charge in [-0.2, -0.15) is 0 Å². The van der Waals surface area contributed by atoms with Gasteiger partial charge < -0.3 is 10.1 Å². The zero-order valence-corrected chi connectivity index (χ0v) is 10.2. The third-order valence-electron chi connectivity index (χ3n) is 2.73. The Labute approximate surface area is 106 Å². The summed E-state index contributed by atoms with van der Waals surface area (Å²) in [6.45, 7) is 3.09. The number of rotatable bonds is 5. The smallest absolute Gasteiger partial charge is 0.244 e. The van der Waals surface area contributed by atoms with Crippen LogP contribution in [0.15, 0.2) is 24.3 Å². The molecular weight excluding hydrogens is 232 g/mol. The number of amides is 2. The maximum Gasteiger partial charge on any atom is 0.244 e. The molecule has 2 N–H and O–H groups in total. The minimum absolute atomic E-state index is 0.212. The average molecular weight is 248 g/mol. The molecule has 1 aromatic carbocycles. The Morgan fingerprint density at radius 3 is 2.94 bits per heavy atom. The highest BCUT2D eigenvalue weighted by Gasteiger charge is 2.29. The lowest BCUT2D eigenvalue weighted by atomic mass is 10.2. The molecule has 5 heteroatoms. The highest BCUT2D eigenvalue weighted by Crippen LogP contribution is 2.13. The zero-order valence-electron chi connectivity index (χ0n) is 10.2. The zero-order chi connectivity index (χ0) is 13.0. The largest absolute Gasteiger partial charge is 0.494 e. The highest BCUT2D eigenvalue weighted by molar-refractivity contribution is 6.05. The number of hydrogen-bond donors (Lipinski definition) is 2. The molecule has 0 aromatic heterocycles. The first-order valence-corrected chi connectivity index (χ1v) is 5.98. The molecule has 18 heavy (non-hydrogen) atoms. The third kappa shape index (κ3) is 3.07. The minimum Gasteiger partial charge on any atom is -0.494 e. The van der Waals surface area contributed by atoms with Crippen LogP contribution in [0.4, 0.5) is 0 Å². The van der Waals surface area contributed by atoms with Crippen molar-refractivity contribution in [2.75, 3.05) is 6.61 Å². The molecule has 0 radical (unpaired) electrons. The maximum absolute atomic E-state index is 11.4. The standard InChI is InChI=1S/C13H16N2O3/c1-2-18-10-5-3-4-9(6-10)8-14-11-7-12(16)15-13(11)17/h3-6,11,14H,2,7-8H2,1H3,(H,15,16,17). The Morgan fingerprint density at radius 1 is 1.44 bits per heavy atom. The molecule has 1 unspecified atom stereocenters. The summed E-state index contributed by atoms with van der Waals surface area (Å²) in [5.74, 6) is 0.338. The lowest BCUT2D eigenvalue weighted by Gasteiger charge is -2.10. The fourth-order valence-corrected chi connectivity index (χ4v) is 1.87. The van der Waals surface area contributed by atoms with Crippen LogP contribution in [0.5, 0.6) is 5.75 Å². The summed E-state index contributed by atoms with van der Waals surface area (Å²) >= 11 is 0. The van der Waals surface area contributed by atoms with Crippen molar-refractivity contribution in [2.45, 2.75) is 25.9 Å². The topological polar surface area (TPSA) is 67.4 Å². The van der Waals surface area contributed by atoms with Crippen LogP contribution in [0.25, 0.3) is 0 Å². The van der Waals surface area contributed by atoms with Gasteiger partial charge in [-0.05, 0) is 24.6 Å². The molecule has 0 bridgehead atoms. The molecule has 1 aliphatic rings. The van der Waals surface area contributed by atoms with Gasteiger partial charge in [0, 0.05) is 6.54 Å². The first-order valence-electron chi connectivity index (χ1n) is 5.98. The predicted molar refractivity (Wildman–Crippen MR) is 66.0 cm³/mol. The first-order chi connectivity index (χ1) is 8.69. The molecule has 2 amide bonds. The van der Waals surface area contributed by atoms with E-state index in [4.69, 9.17) is 4.74 Å². The highest BCUT2D eigenvalue weighted by atomic mass is 16.5. The van der Waals surface area contributed by atoms with E-state index in [9.17, 15) is 9.59 Å². The summed E-state index contributed by atoms with van der Waals surface area (Å²) in [5, 5.41) is 5.33. The molecule has 1 aromatic rings. The van der Waals surface area contributed by atoms with Gasteiger partial charge >= 0.3 is 0 Å². The Morgan fingerprint density at radius 2 is 2.28 bits per heavy atom. The fourth-order valence-electron chi connectivity index (χ4n) is 1.87. The van der Waals surface area contributed by atoms with E-state index in [-0.39, 0.29) is 18.2 Å². The van der Waals surface area contributed by atoms with Gasteiger partial charge in [0.15, 0.2) is 0 Å². The first kappa shape index (κ1) is 12.6. The van der Waals surface area contributed by atoms with Gasteiger partial charge in [0.05, 0.1) is 19.1 Å². The minimum atomic E-state index is -0.423. The molecule has 1 saturated heterocycles. The van der Waals surface area contributed by atoms with Gasteiger partial charge in [-0.3, -0.25) is 14.9 Å². The van der Waals surface area contributed by atoms with Gasteiger partial charge in [-0.1, -0.05) is 12.1 Å². The normalized spacial score (nSPS) is 18.8. The van der Waals surface area contributed by atoms with Gasteiger partial charge in [-0.15, -0.1) is 0 Å². The fraction of sp³-hybridized carbons (Fsp3) is 0.385. The van der Waals surface area contributed by atoms with Crippen molar-refractivity contribution >= 4 is 11.8 Å². The Kier molecular flexibility index (Phi) is 3.94. The lowest BCUT2D eigenvalue weighted by Crippen LogP contribution is -2.35. The number of benzene rings is 1. The maximum atomic E-state index is 11.4. The van der Waals surface area contributed by atoms with Crippen LogP contribution in [0.2, 0.25) is 0 Å². The number of nitrogens with one attached hydrogen (secondary N) is 2. The molecule has 1 fully saturated rings. The van der Waals surface area contributed by atoms with Gasteiger partial charge in [0.1, 0.15) is 5.75 Å². The number of carbonyl (C=O) groups is 2. The summed E-state index contributed by atoms with van der Waals surface area (Å²) in [6.07, 6.45) is 0.212. The number of ether oxygens (including phenoxy) is 1. The second kappa shape index (κ2) is 5.64. The molecule has 5 nitrogen and oxygen atoms in total. The summed E-state index contributed by atoms with van der Waals surface area (Å²) in [6, 6.07) is 7.24. The molecule has 0 spiro atoms. The Bertz CT molecular complexity index is 459. The van der Waals surface area contributed by atoms with Crippen LogP contribution in [-0.2, 0) is 16.1 Å². The molecular formula is C13H16N2O3. The van der Waals surface area contributed by atoms with E-state index >= 15 is 0 Å². The molecule has 1 atom stereocenters. The monoisotopic (exact) mass is 248 g/mol. The molecule has 2 rings (SSSR count). The van der Waals surface area contributed by atoms with E-state index in [2.05, 4.69) is 10.6 Å². The quantitative estimate of drug-likeness (QED) is 0.748. The SMILES string of the molecule is CCOc1cccc(CNC2CC(=O)NC2=O)c1. The predicted octanol–water partition coefficient (Wildman–Crippen LogP) is 0.590. The van der Waals surface area contributed by atoms with E-state index in [1.54, 1.807) is 0 Å². The van der Waals surface area contributed by atoms with E-state index in [1.807, 2.05) is 31.2 Å². The second-order valence-electron chi connectivity index (χ2n) is 4.13. The molecule has 0 saturated carbocycles. The van der Waals surface area contributed by atoms with Crippen LogP contribution >= 0.6 is 0 Å². The van der Waals surface area contributed by atoms with Crippen molar-refractivity contribution in [3.8, 4) is 5.75 Å². The van der Waals surface area contributed by atoms with Crippen LogP contribution in [0, 0.1) is 0 Å². The number of imide groups is 1. The van der Waals surface area contributed by atoms with Crippen molar-refractivity contribution in [1.29, 1.82) is 0 Å². The third-order valence-corrected chi connectivity index (χ3v) is 2.73. The van der Waals surface area contributed by atoms with Gasteiger partial charge in [0.2, 0.25) is 11.8 Å². The van der Waals surface area contributed by atoms with Crippen molar-refractivity contribution < 1.29 is 14.3 Å². The molecule has 0 aliphatic carbocycles. The van der Waals surface area contributed by atoms with Gasteiger partial charge in [0.25, 0.3) is 0 Å². The number of hydrogen-bond acceptors (Lipinski definition) is 4. The molecule has 1 heterocycles. The van der Waals surface area contributed by atoms with E-state index in [0.29, 0.717) is 13.2 Å². The Balaban J connectivity index is 1.91. The van der Waals surface area contributed by atoms with Crippen LogP contribution < -0.4 is 15.4 Å². The Hall–Kier alpha value is -1.88. The van der Waals surface area contributed by atoms with Crippen LogP contribution in [-0.4, -0.2) is 24.5 Å². The lowest BCUT2D eigenvalue weighted by molar-refractivity contribution is -0.125. The van der Waals surface area contributed by atoms with Crippen molar-refractivity contribution in [3.63, 3.8) is 0 Å². The average Bonchev–Trinajstić information content (AvgIpc) is 2.66. The summed E-state index contributed by atoms with van der Waals surface area (Å²) < 4.78 is 5.40. The summed E-state index contributed by atoms with van der Waals surface area (Å²) in [4.78, 5) is 22.4. The molecule has 1 aliphatic heterocycles. The summed E-state index contributed by atoms with van der Waals surface area (Å²) in [5.41, 5.74) is 1.02. The van der Waals surface area contributed by atoms with Crippen LogP contribution in [0.3, 0.4) is 0 Å². The van der Waals surface area contributed by atoms with E-state index in [0.717, 1.165) is 11.3 Å². The summed E-state index contributed by atoms with van der Waals surface area (Å²) in [7, 11) is 0. The number of carbonyl (C=O) groups excluding carboxylic acids is 2. The second-order valence-corrected chi connectivity index (χ2v) is 4.13. The molecule has 96 valence electrons. The van der Waals surface area contributed by atoms with Crippen LogP contribution in [0.1, 0.15) is 18.9 Å². The van der Waals surface area contributed by atoms with Gasteiger partial charge in [-0.25, -0.2) is 0 Å². The van der Waals surface area contributed by atoms with Crippen molar-refractivity contribution in [1.82, 2.24) is 10.6 Å².